The fourth-order valence-electron chi connectivity index (χ4n) is 4.32. The van der Waals surface area contributed by atoms with Crippen molar-refractivity contribution in [1.82, 2.24) is 24.6 Å². The largest absolute Gasteiger partial charge is 0.333 e. The second-order valence-corrected chi connectivity index (χ2v) is 9.30. The van der Waals surface area contributed by atoms with Crippen LogP contribution in [-0.4, -0.2) is 30.1 Å². The van der Waals surface area contributed by atoms with E-state index in [2.05, 4.69) is 48.1 Å². The van der Waals surface area contributed by atoms with Gasteiger partial charge in [-0.2, -0.15) is 0 Å². The van der Waals surface area contributed by atoms with Crippen LogP contribution in [0.2, 0.25) is 0 Å². The predicted molar refractivity (Wildman–Crippen MR) is 102 cm³/mol. The average Bonchev–Trinajstić information content (AvgIpc) is 3.15. The molecule has 4 aromatic rings. The third kappa shape index (κ3) is 2.27. The summed E-state index contributed by atoms with van der Waals surface area (Å²) in [6.07, 6.45) is 6.31. The molecule has 26 heavy (non-hydrogen) atoms. The second kappa shape index (κ2) is 5.08. The topological polar surface area (TPSA) is 72.6 Å². The molecule has 2 N–H and O–H groups in total. The first-order valence-electron chi connectivity index (χ1n) is 8.79. The van der Waals surface area contributed by atoms with Gasteiger partial charge in [-0.05, 0) is 45.4 Å². The molecular weight excluding hydrogens is 344 g/mol. The van der Waals surface area contributed by atoms with Crippen LogP contribution < -0.4 is 5.32 Å². The molecule has 132 valence electrons. The quantitative estimate of drug-likeness (QED) is 0.563. The summed E-state index contributed by atoms with van der Waals surface area (Å²) in [7, 11) is 0. The minimum atomic E-state index is 0.0351. The van der Waals surface area contributed by atoms with Gasteiger partial charge in [-0.25, -0.2) is 14.5 Å². The van der Waals surface area contributed by atoms with Crippen LogP contribution in [-0.2, 0) is 12.0 Å². The standard InChI is InChI=1S/C19H20N6S/c1-18(2)9-12-13-16-22-15(11-5-7-20-8-6-11)23-25(16)10-21-17(13)26-14(12)19(3,4)24-18/h5-8,10,24H,9H2,1-4H3/p+1. The van der Waals surface area contributed by atoms with E-state index < -0.39 is 0 Å². The zero-order valence-electron chi connectivity index (χ0n) is 15.3. The number of quaternary nitrogens is 1. The Morgan fingerprint density at radius 1 is 1.15 bits per heavy atom. The Kier molecular flexibility index (Phi) is 3.10. The number of nitrogens with two attached hydrogens (primary N) is 1. The molecule has 0 unspecified atom stereocenters. The number of nitrogens with zero attached hydrogens (tertiary/aromatic N) is 5. The van der Waals surface area contributed by atoms with Crippen LogP contribution in [0.3, 0.4) is 0 Å². The van der Waals surface area contributed by atoms with E-state index in [1.165, 1.54) is 10.4 Å². The lowest BCUT2D eigenvalue weighted by molar-refractivity contribution is -0.789. The van der Waals surface area contributed by atoms with E-state index in [9.17, 15) is 0 Å². The van der Waals surface area contributed by atoms with E-state index in [4.69, 9.17) is 4.98 Å². The van der Waals surface area contributed by atoms with E-state index in [1.807, 2.05) is 16.6 Å². The minimum Gasteiger partial charge on any atom is -0.333 e. The van der Waals surface area contributed by atoms with Crippen LogP contribution in [0.15, 0.2) is 30.9 Å². The highest BCUT2D eigenvalue weighted by Crippen LogP contribution is 2.41. The number of fused-ring (bicyclic) bond motifs is 5. The van der Waals surface area contributed by atoms with Gasteiger partial charge in [-0.15, -0.1) is 16.4 Å². The Morgan fingerprint density at radius 3 is 2.69 bits per heavy atom. The number of hydrogen-bond acceptors (Lipinski definition) is 5. The molecular formula is C19H21N6S+. The first kappa shape index (κ1) is 15.8. The van der Waals surface area contributed by atoms with Gasteiger partial charge < -0.3 is 5.32 Å². The maximum absolute atomic E-state index is 4.87. The lowest BCUT2D eigenvalue weighted by Gasteiger charge is -2.38. The monoisotopic (exact) mass is 365 g/mol. The van der Waals surface area contributed by atoms with Gasteiger partial charge >= 0.3 is 0 Å². The maximum Gasteiger partial charge on any atom is 0.182 e. The van der Waals surface area contributed by atoms with Gasteiger partial charge in [0.25, 0.3) is 0 Å². The SMILES string of the molecule is CC1(C)Cc2c(sc3ncn4nc(-c5ccncc5)nc4c23)C(C)(C)[NH2+]1. The molecule has 1 aliphatic heterocycles. The second-order valence-electron chi connectivity index (χ2n) is 8.31. The van der Waals surface area contributed by atoms with Crippen molar-refractivity contribution in [1.29, 1.82) is 0 Å². The van der Waals surface area contributed by atoms with Crippen LogP contribution in [0.25, 0.3) is 27.3 Å². The fourth-order valence-corrected chi connectivity index (χ4v) is 5.55. The summed E-state index contributed by atoms with van der Waals surface area (Å²) < 4.78 is 1.81. The molecule has 0 saturated carbocycles. The van der Waals surface area contributed by atoms with Crippen molar-refractivity contribution in [3.63, 3.8) is 0 Å². The third-order valence-corrected chi connectivity index (χ3v) is 6.51. The Morgan fingerprint density at radius 2 is 1.92 bits per heavy atom. The van der Waals surface area contributed by atoms with Crippen molar-refractivity contribution in [2.24, 2.45) is 0 Å². The minimum absolute atomic E-state index is 0.0351. The number of aromatic nitrogens is 5. The highest BCUT2D eigenvalue weighted by molar-refractivity contribution is 7.19. The van der Waals surface area contributed by atoms with Crippen LogP contribution >= 0.6 is 11.3 Å². The van der Waals surface area contributed by atoms with Gasteiger partial charge in [0.15, 0.2) is 11.5 Å². The van der Waals surface area contributed by atoms with Crippen LogP contribution in [0.4, 0.5) is 0 Å². The summed E-state index contributed by atoms with van der Waals surface area (Å²) in [6, 6.07) is 3.87. The highest BCUT2D eigenvalue weighted by atomic mass is 32.1. The van der Waals surface area contributed by atoms with Crippen molar-refractivity contribution < 1.29 is 5.32 Å². The Bertz CT molecular complexity index is 1140. The molecule has 6 nitrogen and oxygen atoms in total. The van der Waals surface area contributed by atoms with Gasteiger partial charge in [0.2, 0.25) is 0 Å². The number of hydrogen-bond donors (Lipinski definition) is 1. The molecule has 4 aromatic heterocycles. The molecule has 7 heteroatoms. The van der Waals surface area contributed by atoms with Gasteiger partial charge in [0.05, 0.1) is 15.8 Å². The Hall–Kier alpha value is -2.38. The average molecular weight is 365 g/mol. The van der Waals surface area contributed by atoms with Crippen molar-refractivity contribution in [2.75, 3.05) is 0 Å². The summed E-state index contributed by atoms with van der Waals surface area (Å²) in [5.74, 6) is 0.711. The van der Waals surface area contributed by atoms with Gasteiger partial charge in [0, 0.05) is 24.4 Å². The van der Waals surface area contributed by atoms with E-state index in [0.717, 1.165) is 27.8 Å². The summed E-state index contributed by atoms with van der Waals surface area (Å²) >= 11 is 1.79. The molecule has 1 aliphatic rings. The van der Waals surface area contributed by atoms with Crippen LogP contribution in [0, 0.1) is 0 Å². The van der Waals surface area contributed by atoms with E-state index >= 15 is 0 Å². The molecule has 0 spiro atoms. The van der Waals surface area contributed by atoms with Crippen molar-refractivity contribution in [3.05, 3.63) is 41.3 Å². The highest BCUT2D eigenvalue weighted by Gasteiger charge is 2.43. The van der Waals surface area contributed by atoms with Gasteiger partial charge in [0.1, 0.15) is 16.7 Å². The van der Waals surface area contributed by atoms with Crippen molar-refractivity contribution in [3.8, 4) is 11.4 Å². The normalized spacial score (nSPS) is 18.3. The summed E-state index contributed by atoms with van der Waals surface area (Å²) in [5.41, 5.74) is 3.43. The molecule has 0 amide bonds. The zero-order chi connectivity index (χ0) is 18.1. The predicted octanol–water partition coefficient (Wildman–Crippen LogP) is 2.53. The van der Waals surface area contributed by atoms with E-state index in [0.29, 0.717) is 5.82 Å². The first-order chi connectivity index (χ1) is 12.3. The molecule has 5 rings (SSSR count). The summed E-state index contributed by atoms with van der Waals surface area (Å²) in [4.78, 5) is 16.1. The fraction of sp³-hybridized carbons (Fsp3) is 0.368. The van der Waals surface area contributed by atoms with E-state index in [1.54, 1.807) is 30.1 Å². The van der Waals surface area contributed by atoms with E-state index in [-0.39, 0.29) is 11.1 Å². The molecule has 0 bridgehead atoms. The number of pyridine rings is 1. The van der Waals surface area contributed by atoms with Crippen LogP contribution in [0.5, 0.6) is 0 Å². The first-order valence-corrected chi connectivity index (χ1v) is 9.60. The number of thiophene rings is 1. The molecule has 0 radical (unpaired) electrons. The molecule has 0 aromatic carbocycles. The van der Waals surface area contributed by atoms with Gasteiger partial charge in [-0.3, -0.25) is 4.98 Å². The Balaban J connectivity index is 1.81. The van der Waals surface area contributed by atoms with Gasteiger partial charge in [-0.1, -0.05) is 0 Å². The third-order valence-electron chi connectivity index (χ3n) is 5.04. The maximum atomic E-state index is 4.87. The zero-order valence-corrected chi connectivity index (χ0v) is 16.1. The Labute approximate surface area is 155 Å². The van der Waals surface area contributed by atoms with Crippen molar-refractivity contribution in [2.45, 2.75) is 45.2 Å². The summed E-state index contributed by atoms with van der Waals surface area (Å²) in [6.45, 7) is 9.21. The molecule has 0 fully saturated rings. The molecule has 0 aliphatic carbocycles. The number of rotatable bonds is 1. The molecule has 0 atom stereocenters. The lowest BCUT2D eigenvalue weighted by atomic mass is 9.82. The van der Waals surface area contributed by atoms with Crippen LogP contribution in [0.1, 0.15) is 38.1 Å². The summed E-state index contributed by atoms with van der Waals surface area (Å²) in [5, 5.41) is 8.28. The van der Waals surface area contributed by atoms with Crippen molar-refractivity contribution >= 4 is 27.2 Å². The molecule has 5 heterocycles. The smallest absolute Gasteiger partial charge is 0.182 e. The molecule has 0 saturated heterocycles. The lowest BCUT2D eigenvalue weighted by Crippen LogP contribution is -3.03.